The van der Waals surface area contributed by atoms with Crippen molar-refractivity contribution in [3.8, 4) is 11.5 Å². The van der Waals surface area contributed by atoms with Gasteiger partial charge in [-0.25, -0.2) is 9.78 Å². The molecule has 1 aromatic heterocycles. The molecule has 11 nitrogen and oxygen atoms in total. The number of nitrogens with zero attached hydrogens (tertiary/aromatic N) is 5. The number of anilines is 4. The van der Waals surface area contributed by atoms with Crippen LogP contribution in [0, 0.1) is 11.3 Å². The van der Waals surface area contributed by atoms with Crippen molar-refractivity contribution in [3.05, 3.63) is 24.4 Å². The van der Waals surface area contributed by atoms with Crippen molar-refractivity contribution < 1.29 is 32.6 Å². The summed E-state index contributed by atoms with van der Waals surface area (Å²) in [5.74, 6) is -2.64. The highest BCUT2D eigenvalue weighted by molar-refractivity contribution is 6.02. The van der Waals surface area contributed by atoms with E-state index in [1.807, 2.05) is 37.8 Å². The molecule has 0 atom stereocenters. The van der Waals surface area contributed by atoms with Gasteiger partial charge in [-0.05, 0) is 82.8 Å². The van der Waals surface area contributed by atoms with Crippen LogP contribution in [0.25, 0.3) is 0 Å². The van der Waals surface area contributed by atoms with Gasteiger partial charge in [-0.3, -0.25) is 4.79 Å². The standard InChI is InChI=1S/C34H46F2N6O5/c1-32(2,3)47-31(44)41-14-12-33(13-15-41)17-22(18-33)20-46-24-10-11-25(27(16-24)45-5)38-30-37-19-26-28(39-30)42(23-8-6-7-9-23)21-34(35,36)29(43)40(26)4/h10-11,16,19,22-23H,6-9,12-15,17-18,20-21H2,1-5H3,(H,37,38,39). The molecular weight excluding hydrogens is 610 g/mol. The number of ether oxygens (including phenoxy) is 3. The molecule has 13 heteroatoms. The number of aromatic nitrogens is 2. The zero-order chi connectivity index (χ0) is 33.6. The van der Waals surface area contributed by atoms with Gasteiger partial charge in [0.2, 0.25) is 5.95 Å². The molecule has 3 heterocycles. The van der Waals surface area contributed by atoms with E-state index in [1.54, 1.807) is 18.1 Å². The number of hydrogen-bond acceptors (Lipinski definition) is 9. The number of carbonyl (C=O) groups excluding carboxylic acids is 2. The number of methoxy groups -OCH3 is 1. The first-order valence-corrected chi connectivity index (χ1v) is 16.6. The van der Waals surface area contributed by atoms with Crippen LogP contribution in [-0.2, 0) is 9.53 Å². The number of halogens is 2. The zero-order valence-electron chi connectivity index (χ0n) is 28.0. The maximum absolute atomic E-state index is 14.9. The average molecular weight is 657 g/mol. The number of alkyl halides is 2. The minimum Gasteiger partial charge on any atom is -0.494 e. The van der Waals surface area contributed by atoms with E-state index in [-0.39, 0.29) is 29.2 Å². The molecule has 256 valence electrons. The fourth-order valence-electron chi connectivity index (χ4n) is 7.48. The summed E-state index contributed by atoms with van der Waals surface area (Å²) in [5, 5.41) is 3.17. The van der Waals surface area contributed by atoms with E-state index in [9.17, 15) is 18.4 Å². The number of carbonyl (C=O) groups is 2. The van der Waals surface area contributed by atoms with Gasteiger partial charge in [0.15, 0.2) is 5.82 Å². The summed E-state index contributed by atoms with van der Waals surface area (Å²) in [4.78, 5) is 38.4. The minimum atomic E-state index is -3.54. The number of likely N-dealkylation sites (tertiary alicyclic amines) is 1. The molecule has 0 unspecified atom stereocenters. The second-order valence-corrected chi connectivity index (χ2v) is 14.6. The van der Waals surface area contributed by atoms with Crippen molar-refractivity contribution in [3.63, 3.8) is 0 Å². The third kappa shape index (κ3) is 7.03. The molecule has 4 aliphatic rings. The highest BCUT2D eigenvalue weighted by atomic mass is 19.3. The topological polar surface area (TPSA) is 109 Å². The van der Waals surface area contributed by atoms with Gasteiger partial charge in [0.05, 0.1) is 32.1 Å². The average Bonchev–Trinajstić information content (AvgIpc) is 3.53. The molecule has 2 saturated carbocycles. The largest absolute Gasteiger partial charge is 0.494 e. The molecule has 2 aliphatic heterocycles. The fourth-order valence-corrected chi connectivity index (χ4v) is 7.48. The van der Waals surface area contributed by atoms with Crippen LogP contribution in [0.4, 0.5) is 36.7 Å². The van der Waals surface area contributed by atoms with Crippen LogP contribution in [0.15, 0.2) is 24.4 Å². The summed E-state index contributed by atoms with van der Waals surface area (Å²) >= 11 is 0. The molecule has 3 fully saturated rings. The number of amides is 2. The fraction of sp³-hybridized carbons (Fsp3) is 0.647. The van der Waals surface area contributed by atoms with Crippen molar-refractivity contribution >= 4 is 35.1 Å². The Morgan fingerprint density at radius 2 is 1.83 bits per heavy atom. The van der Waals surface area contributed by atoms with Crippen LogP contribution in [0.5, 0.6) is 11.5 Å². The van der Waals surface area contributed by atoms with Crippen molar-refractivity contribution in [1.82, 2.24) is 14.9 Å². The lowest BCUT2D eigenvalue weighted by Gasteiger charge is -2.52. The first-order chi connectivity index (χ1) is 22.3. The molecule has 2 amide bonds. The lowest BCUT2D eigenvalue weighted by atomic mass is 9.58. The van der Waals surface area contributed by atoms with Crippen LogP contribution in [0.2, 0.25) is 0 Å². The number of benzene rings is 1. The van der Waals surface area contributed by atoms with Crippen LogP contribution >= 0.6 is 0 Å². The third-order valence-electron chi connectivity index (χ3n) is 9.96. The molecule has 0 radical (unpaired) electrons. The summed E-state index contributed by atoms with van der Waals surface area (Å²) in [6.07, 6.45) is 8.74. The lowest BCUT2D eigenvalue weighted by Crippen LogP contribution is -2.50. The molecule has 0 bridgehead atoms. The Kier molecular flexibility index (Phi) is 8.86. The van der Waals surface area contributed by atoms with E-state index in [0.29, 0.717) is 35.5 Å². The summed E-state index contributed by atoms with van der Waals surface area (Å²) in [6.45, 7) is 6.99. The summed E-state index contributed by atoms with van der Waals surface area (Å²) in [7, 11) is 2.90. The first kappa shape index (κ1) is 33.0. The van der Waals surface area contributed by atoms with Gasteiger partial charge in [0.1, 0.15) is 22.8 Å². The predicted octanol–water partition coefficient (Wildman–Crippen LogP) is 6.40. The van der Waals surface area contributed by atoms with E-state index in [0.717, 1.165) is 69.4 Å². The Hall–Kier alpha value is -3.90. The minimum absolute atomic E-state index is 0.122. The molecule has 47 heavy (non-hydrogen) atoms. The first-order valence-electron chi connectivity index (χ1n) is 16.6. The number of fused-ring (bicyclic) bond motifs is 1. The van der Waals surface area contributed by atoms with Crippen LogP contribution in [-0.4, -0.2) is 84.8 Å². The van der Waals surface area contributed by atoms with Gasteiger partial charge in [0.25, 0.3) is 5.91 Å². The number of hydrogen-bond donors (Lipinski definition) is 1. The monoisotopic (exact) mass is 656 g/mol. The smallest absolute Gasteiger partial charge is 0.410 e. The van der Waals surface area contributed by atoms with E-state index < -0.39 is 24.0 Å². The summed E-state index contributed by atoms with van der Waals surface area (Å²) in [5.41, 5.74) is 0.633. The molecule has 1 N–H and O–H groups in total. The molecule has 1 saturated heterocycles. The molecule has 1 spiro atoms. The van der Waals surface area contributed by atoms with Crippen molar-refractivity contribution in [2.75, 3.05) is 55.5 Å². The molecule has 1 aromatic carbocycles. The SMILES string of the molecule is COc1cc(OCC2CC3(CCN(C(=O)OC(C)(C)C)CC3)C2)ccc1Nc1ncc2c(n1)N(C1CCCC1)CC(F)(F)C(=O)N2C. The zero-order valence-corrected chi connectivity index (χ0v) is 28.0. The quantitative estimate of drug-likeness (QED) is 0.362. The Morgan fingerprint density at radius 1 is 1.13 bits per heavy atom. The Bertz CT molecular complexity index is 1480. The number of rotatable bonds is 7. The predicted molar refractivity (Wildman–Crippen MR) is 174 cm³/mol. The Labute approximate surface area is 274 Å². The summed E-state index contributed by atoms with van der Waals surface area (Å²) < 4.78 is 47.2. The van der Waals surface area contributed by atoms with Gasteiger partial charge < -0.3 is 34.2 Å². The number of nitrogens with one attached hydrogen (secondary N) is 1. The highest BCUT2D eigenvalue weighted by Gasteiger charge is 2.49. The third-order valence-corrected chi connectivity index (χ3v) is 9.96. The van der Waals surface area contributed by atoms with Gasteiger partial charge >= 0.3 is 12.0 Å². The molecule has 6 rings (SSSR count). The second-order valence-electron chi connectivity index (χ2n) is 14.6. The molecular formula is C34H46F2N6O5. The maximum atomic E-state index is 14.9. The normalized spacial score (nSPS) is 21.3. The van der Waals surface area contributed by atoms with Crippen molar-refractivity contribution in [2.45, 2.75) is 89.7 Å². The second kappa shape index (κ2) is 12.6. The molecule has 2 aromatic rings. The van der Waals surface area contributed by atoms with Gasteiger partial charge in [0, 0.05) is 32.2 Å². The Morgan fingerprint density at radius 3 is 2.49 bits per heavy atom. The van der Waals surface area contributed by atoms with E-state index >= 15 is 0 Å². The van der Waals surface area contributed by atoms with Crippen LogP contribution in [0.3, 0.4) is 0 Å². The van der Waals surface area contributed by atoms with Crippen LogP contribution < -0.4 is 24.6 Å². The van der Waals surface area contributed by atoms with E-state index in [2.05, 4.69) is 15.3 Å². The van der Waals surface area contributed by atoms with E-state index in [1.165, 1.54) is 13.2 Å². The van der Waals surface area contributed by atoms with Gasteiger partial charge in [-0.2, -0.15) is 13.8 Å². The van der Waals surface area contributed by atoms with Crippen molar-refractivity contribution in [2.24, 2.45) is 11.3 Å². The Balaban J connectivity index is 1.07. The van der Waals surface area contributed by atoms with Gasteiger partial charge in [-0.15, -0.1) is 0 Å². The maximum Gasteiger partial charge on any atom is 0.410 e. The van der Waals surface area contributed by atoms with E-state index in [4.69, 9.17) is 14.2 Å². The van der Waals surface area contributed by atoms with Gasteiger partial charge in [-0.1, -0.05) is 12.8 Å². The summed E-state index contributed by atoms with van der Waals surface area (Å²) in [6, 6.07) is 5.34. The number of piperidine rings is 1. The highest BCUT2D eigenvalue weighted by Crippen LogP contribution is 2.53. The molecule has 2 aliphatic carbocycles. The lowest BCUT2D eigenvalue weighted by molar-refractivity contribution is -0.140. The van der Waals surface area contributed by atoms with Crippen LogP contribution in [0.1, 0.15) is 72.1 Å². The van der Waals surface area contributed by atoms with Crippen molar-refractivity contribution in [1.29, 1.82) is 0 Å².